The molecule has 1 aromatic carbocycles. The molecule has 1 aliphatic heterocycles. The Kier molecular flexibility index (Phi) is 4.88. The van der Waals surface area contributed by atoms with Crippen LogP contribution in [-0.4, -0.2) is 26.7 Å². The zero-order valence-electron chi connectivity index (χ0n) is 15.8. The van der Waals surface area contributed by atoms with E-state index in [2.05, 4.69) is 5.92 Å². The molecule has 0 saturated carbocycles. The van der Waals surface area contributed by atoms with Gasteiger partial charge in [0.2, 0.25) is 0 Å². The molecule has 0 atom stereocenters. The van der Waals surface area contributed by atoms with Gasteiger partial charge in [0.15, 0.2) is 0 Å². The number of hydrogen-bond acceptors (Lipinski definition) is 4. The Morgan fingerprint density at radius 2 is 1.52 bits per heavy atom. The van der Waals surface area contributed by atoms with Crippen LogP contribution in [0.2, 0.25) is 0 Å². The van der Waals surface area contributed by atoms with Crippen molar-refractivity contribution >= 4 is 22.8 Å². The fourth-order valence-electron chi connectivity index (χ4n) is 3.31. The molecule has 7 heteroatoms. The highest BCUT2D eigenvalue weighted by Gasteiger charge is 2.53. The fraction of sp³-hybridized carbons (Fsp3) is 0.556. The molecule has 0 spiro atoms. The van der Waals surface area contributed by atoms with Gasteiger partial charge in [-0.15, -0.1) is 16.2 Å². The van der Waals surface area contributed by atoms with Gasteiger partial charge in [-0.2, -0.15) is 8.42 Å². The average Bonchev–Trinajstić information content (AvgIpc) is 2.61. The van der Waals surface area contributed by atoms with Gasteiger partial charge in [-0.1, -0.05) is 0 Å². The maximum Gasteiger partial charge on any atom is 0.495 e. The maximum atomic E-state index is 14.0. The standard InChI is InChI=1S/C18H24BFO4S/c1-9-10-14-11(2)15(13(4)16(12(14)3)25(20,21)22)19-23-17(5,6)18(7,8)24-19/h1H,10H2,2-8H3. The zero-order valence-corrected chi connectivity index (χ0v) is 16.6. The summed E-state index contributed by atoms with van der Waals surface area (Å²) < 4.78 is 49.7. The summed E-state index contributed by atoms with van der Waals surface area (Å²) in [5.74, 6) is 2.52. The molecule has 1 saturated heterocycles. The zero-order chi connectivity index (χ0) is 19.4. The first-order valence-corrected chi connectivity index (χ1v) is 9.49. The maximum absolute atomic E-state index is 14.0. The lowest BCUT2D eigenvalue weighted by molar-refractivity contribution is 0.00578. The minimum Gasteiger partial charge on any atom is -0.399 e. The van der Waals surface area contributed by atoms with E-state index in [4.69, 9.17) is 15.7 Å². The largest absolute Gasteiger partial charge is 0.495 e. The van der Waals surface area contributed by atoms with Crippen LogP contribution in [0.4, 0.5) is 3.89 Å². The van der Waals surface area contributed by atoms with Crippen molar-refractivity contribution in [1.82, 2.24) is 0 Å². The number of rotatable bonds is 3. The topological polar surface area (TPSA) is 52.6 Å². The van der Waals surface area contributed by atoms with E-state index in [0.29, 0.717) is 22.2 Å². The van der Waals surface area contributed by atoms with Gasteiger partial charge in [0.05, 0.1) is 11.2 Å². The highest BCUT2D eigenvalue weighted by atomic mass is 32.3. The van der Waals surface area contributed by atoms with Crippen molar-refractivity contribution in [1.29, 1.82) is 0 Å². The lowest BCUT2D eigenvalue weighted by atomic mass is 9.71. The summed E-state index contributed by atoms with van der Waals surface area (Å²) in [6, 6.07) is 0. The minimum atomic E-state index is -4.91. The molecule has 136 valence electrons. The average molecular weight is 366 g/mol. The summed E-state index contributed by atoms with van der Waals surface area (Å²) in [5, 5.41) is 0. The van der Waals surface area contributed by atoms with E-state index < -0.39 is 28.5 Å². The minimum absolute atomic E-state index is 0.201. The molecule has 2 rings (SSSR count). The molecular formula is C18H24BFO4S. The molecule has 0 bridgehead atoms. The second kappa shape index (κ2) is 6.12. The summed E-state index contributed by atoms with van der Waals surface area (Å²) in [7, 11) is -5.70. The van der Waals surface area contributed by atoms with Crippen LogP contribution < -0.4 is 5.46 Å². The lowest BCUT2D eigenvalue weighted by Crippen LogP contribution is -2.41. The Morgan fingerprint density at radius 3 is 1.92 bits per heavy atom. The van der Waals surface area contributed by atoms with Crippen molar-refractivity contribution in [3.8, 4) is 12.3 Å². The second-order valence-corrected chi connectivity index (χ2v) is 8.79. The summed E-state index contributed by atoms with van der Waals surface area (Å²) in [4.78, 5) is -0.340. The molecule has 0 aromatic heterocycles. The molecule has 1 fully saturated rings. The SMILES string of the molecule is C#CCc1c(C)c(B2OC(C)(C)C(C)(C)O2)c(C)c(S(=O)(=O)F)c1C. The summed E-state index contributed by atoms with van der Waals surface area (Å²) in [5.41, 5.74) is 1.39. The van der Waals surface area contributed by atoms with Gasteiger partial charge in [-0.05, 0) is 76.2 Å². The normalized spacial score (nSPS) is 19.1. The fourth-order valence-corrected chi connectivity index (χ4v) is 4.28. The number of hydrogen-bond donors (Lipinski definition) is 0. The third kappa shape index (κ3) is 3.23. The summed E-state index contributed by atoms with van der Waals surface area (Å²) in [6.07, 6.45) is 5.63. The third-order valence-corrected chi connectivity index (χ3v) is 6.51. The first kappa shape index (κ1) is 20.0. The molecule has 25 heavy (non-hydrogen) atoms. The molecule has 0 N–H and O–H groups in total. The monoisotopic (exact) mass is 366 g/mol. The Hall–Kier alpha value is -1.36. The van der Waals surface area contributed by atoms with Crippen LogP contribution in [0.3, 0.4) is 0 Å². The number of terminal acetylenes is 1. The van der Waals surface area contributed by atoms with Crippen LogP contribution in [0.1, 0.15) is 49.9 Å². The van der Waals surface area contributed by atoms with Crippen molar-refractivity contribution in [3.05, 3.63) is 22.3 Å². The van der Waals surface area contributed by atoms with Crippen molar-refractivity contribution < 1.29 is 21.6 Å². The molecule has 4 nitrogen and oxygen atoms in total. The number of benzene rings is 1. The van der Waals surface area contributed by atoms with E-state index in [1.807, 2.05) is 34.6 Å². The molecule has 0 unspecified atom stereocenters. The third-order valence-electron chi connectivity index (χ3n) is 5.41. The molecule has 0 aliphatic carbocycles. The number of halogens is 1. The Balaban J connectivity index is 2.80. The van der Waals surface area contributed by atoms with E-state index in [-0.39, 0.29) is 11.3 Å². The van der Waals surface area contributed by atoms with Gasteiger partial charge < -0.3 is 9.31 Å². The molecule has 0 radical (unpaired) electrons. The Labute approximate surface area is 150 Å². The molecule has 0 amide bonds. The van der Waals surface area contributed by atoms with Gasteiger partial charge in [0.25, 0.3) is 0 Å². The van der Waals surface area contributed by atoms with Gasteiger partial charge in [0, 0.05) is 6.42 Å². The van der Waals surface area contributed by atoms with E-state index in [0.717, 1.165) is 5.56 Å². The first-order valence-electron chi connectivity index (χ1n) is 8.11. The summed E-state index contributed by atoms with van der Waals surface area (Å²) >= 11 is 0. The summed E-state index contributed by atoms with van der Waals surface area (Å²) in [6.45, 7) is 12.6. The van der Waals surface area contributed by atoms with Gasteiger partial charge >= 0.3 is 17.3 Å². The second-order valence-electron chi connectivity index (χ2n) is 7.50. The van der Waals surface area contributed by atoms with E-state index in [9.17, 15) is 12.3 Å². The van der Waals surface area contributed by atoms with Crippen LogP contribution in [0, 0.1) is 33.1 Å². The van der Waals surface area contributed by atoms with Crippen LogP contribution in [-0.2, 0) is 26.0 Å². The predicted molar refractivity (Wildman–Crippen MR) is 97.2 cm³/mol. The lowest BCUT2D eigenvalue weighted by Gasteiger charge is -2.32. The first-order chi connectivity index (χ1) is 11.2. The van der Waals surface area contributed by atoms with Crippen molar-refractivity contribution in [2.75, 3.05) is 0 Å². The highest BCUT2D eigenvalue weighted by molar-refractivity contribution is 7.86. The van der Waals surface area contributed by atoms with Gasteiger partial charge in [-0.25, -0.2) is 0 Å². The molecular weight excluding hydrogens is 342 g/mol. The van der Waals surface area contributed by atoms with Crippen molar-refractivity contribution in [2.24, 2.45) is 0 Å². The van der Waals surface area contributed by atoms with Crippen molar-refractivity contribution in [2.45, 2.75) is 71.0 Å². The quantitative estimate of drug-likeness (QED) is 0.469. The predicted octanol–water partition coefficient (Wildman–Crippen LogP) is 2.74. The van der Waals surface area contributed by atoms with E-state index >= 15 is 0 Å². The Bertz CT molecular complexity index is 850. The van der Waals surface area contributed by atoms with Crippen molar-refractivity contribution in [3.63, 3.8) is 0 Å². The van der Waals surface area contributed by atoms with Crippen LogP contribution in [0.15, 0.2) is 4.90 Å². The van der Waals surface area contributed by atoms with Gasteiger partial charge in [0.1, 0.15) is 4.90 Å². The molecule has 1 heterocycles. The van der Waals surface area contributed by atoms with Crippen LogP contribution in [0.5, 0.6) is 0 Å². The highest BCUT2D eigenvalue weighted by Crippen LogP contribution is 2.38. The smallest absolute Gasteiger partial charge is 0.399 e. The van der Waals surface area contributed by atoms with Gasteiger partial charge in [-0.3, -0.25) is 0 Å². The van der Waals surface area contributed by atoms with Crippen LogP contribution in [0.25, 0.3) is 0 Å². The van der Waals surface area contributed by atoms with Crippen LogP contribution >= 0.6 is 0 Å². The molecule has 1 aliphatic rings. The Morgan fingerprint density at radius 1 is 1.04 bits per heavy atom. The van der Waals surface area contributed by atoms with E-state index in [1.165, 1.54) is 0 Å². The van der Waals surface area contributed by atoms with E-state index in [1.54, 1.807) is 13.8 Å². The molecule has 1 aromatic rings.